The molecule has 0 amide bonds. The molecular weight excluding hydrogens is 112 g/mol. The van der Waals surface area contributed by atoms with Gasteiger partial charge in [-0.25, -0.2) is 0 Å². The summed E-state index contributed by atoms with van der Waals surface area (Å²) in [5, 5.41) is 7.89. The monoisotopic (exact) mass is 124 g/mol. The van der Waals surface area contributed by atoms with Crippen molar-refractivity contribution in [1.29, 1.82) is 0 Å². The van der Waals surface area contributed by atoms with Gasteiger partial charge in [-0.15, -0.1) is 0 Å². The van der Waals surface area contributed by atoms with Crippen molar-refractivity contribution in [3.8, 4) is 0 Å². The number of allylic oxidation sites excluding steroid dienone is 1. The van der Waals surface area contributed by atoms with E-state index in [9.17, 15) is 0 Å². The van der Waals surface area contributed by atoms with Crippen molar-refractivity contribution in [2.75, 3.05) is 0 Å². The van der Waals surface area contributed by atoms with Crippen LogP contribution in [0.2, 0.25) is 0 Å². The van der Waals surface area contributed by atoms with E-state index in [1.54, 1.807) is 6.20 Å². The van der Waals surface area contributed by atoms with Gasteiger partial charge in [-0.1, -0.05) is 13.0 Å². The minimum atomic E-state index is 0.389. The van der Waals surface area contributed by atoms with Crippen LogP contribution in [0.5, 0.6) is 0 Å². The van der Waals surface area contributed by atoms with Gasteiger partial charge in [0.1, 0.15) is 0 Å². The largest absolute Gasteiger partial charge is 0.186 e. The van der Waals surface area contributed by atoms with Crippen LogP contribution in [0.1, 0.15) is 20.3 Å². The highest BCUT2D eigenvalue weighted by molar-refractivity contribution is 4.86. The minimum Gasteiger partial charge on any atom is -0.186 e. The molecule has 2 heteroatoms. The van der Waals surface area contributed by atoms with E-state index in [1.807, 2.05) is 0 Å². The molecule has 9 heavy (non-hydrogen) atoms. The van der Waals surface area contributed by atoms with E-state index < -0.39 is 0 Å². The third-order valence-corrected chi connectivity index (χ3v) is 1.75. The van der Waals surface area contributed by atoms with Crippen LogP contribution in [0, 0.1) is 5.92 Å². The molecule has 0 radical (unpaired) electrons. The van der Waals surface area contributed by atoms with Crippen LogP contribution in [0.3, 0.4) is 0 Å². The zero-order valence-corrected chi connectivity index (χ0v) is 5.91. The lowest BCUT2D eigenvalue weighted by atomic mass is 10.0. The van der Waals surface area contributed by atoms with Crippen molar-refractivity contribution in [3.05, 3.63) is 12.3 Å². The highest BCUT2D eigenvalue weighted by Crippen LogP contribution is 2.14. The van der Waals surface area contributed by atoms with Gasteiger partial charge in [0, 0.05) is 6.20 Å². The Hall–Kier alpha value is -0.660. The van der Waals surface area contributed by atoms with Crippen molar-refractivity contribution in [1.82, 2.24) is 0 Å². The Morgan fingerprint density at radius 1 is 1.44 bits per heavy atom. The van der Waals surface area contributed by atoms with Gasteiger partial charge < -0.3 is 0 Å². The third kappa shape index (κ3) is 1.63. The van der Waals surface area contributed by atoms with Gasteiger partial charge in [0.15, 0.2) is 0 Å². The van der Waals surface area contributed by atoms with Crippen molar-refractivity contribution in [2.45, 2.75) is 26.3 Å². The summed E-state index contributed by atoms with van der Waals surface area (Å²) in [6.45, 7) is 4.29. The van der Waals surface area contributed by atoms with Gasteiger partial charge in [-0.3, -0.25) is 0 Å². The Balaban J connectivity index is 2.58. The van der Waals surface area contributed by atoms with Crippen LogP contribution in [0.4, 0.5) is 0 Å². The SMILES string of the molecule is CC1CC=CN=NC1C. The molecule has 2 atom stereocenters. The molecule has 0 aromatic heterocycles. The molecule has 0 aliphatic carbocycles. The fourth-order valence-corrected chi connectivity index (χ4v) is 0.777. The highest BCUT2D eigenvalue weighted by atomic mass is 15.1. The van der Waals surface area contributed by atoms with E-state index in [4.69, 9.17) is 0 Å². The van der Waals surface area contributed by atoms with Crippen LogP contribution in [0.15, 0.2) is 22.5 Å². The van der Waals surface area contributed by atoms with E-state index >= 15 is 0 Å². The minimum absolute atomic E-state index is 0.389. The van der Waals surface area contributed by atoms with E-state index in [0.717, 1.165) is 6.42 Å². The van der Waals surface area contributed by atoms with Gasteiger partial charge in [-0.05, 0) is 19.3 Å². The third-order valence-electron chi connectivity index (χ3n) is 1.75. The summed E-state index contributed by atoms with van der Waals surface area (Å²) in [7, 11) is 0. The first-order valence-electron chi connectivity index (χ1n) is 3.35. The van der Waals surface area contributed by atoms with Crippen molar-refractivity contribution in [2.24, 2.45) is 16.1 Å². The first kappa shape index (κ1) is 6.46. The van der Waals surface area contributed by atoms with E-state index in [2.05, 4.69) is 30.2 Å². The molecule has 0 bridgehead atoms. The van der Waals surface area contributed by atoms with Gasteiger partial charge in [0.05, 0.1) is 6.04 Å². The second kappa shape index (κ2) is 2.76. The van der Waals surface area contributed by atoms with Crippen molar-refractivity contribution >= 4 is 0 Å². The van der Waals surface area contributed by atoms with Crippen molar-refractivity contribution < 1.29 is 0 Å². The van der Waals surface area contributed by atoms with Gasteiger partial charge >= 0.3 is 0 Å². The number of nitrogens with zero attached hydrogens (tertiary/aromatic N) is 2. The molecular formula is C7H12N2. The average Bonchev–Trinajstić information content (AvgIpc) is 1.99. The quantitative estimate of drug-likeness (QED) is 0.473. The second-order valence-electron chi connectivity index (χ2n) is 2.57. The molecule has 0 aromatic carbocycles. The van der Waals surface area contributed by atoms with Crippen LogP contribution in [-0.2, 0) is 0 Å². The molecule has 0 spiro atoms. The molecule has 0 saturated carbocycles. The van der Waals surface area contributed by atoms with Crippen LogP contribution >= 0.6 is 0 Å². The van der Waals surface area contributed by atoms with E-state index in [-0.39, 0.29) is 0 Å². The fraction of sp³-hybridized carbons (Fsp3) is 0.714. The zero-order chi connectivity index (χ0) is 6.69. The van der Waals surface area contributed by atoms with E-state index in [0.29, 0.717) is 12.0 Å². The Labute approximate surface area is 55.7 Å². The van der Waals surface area contributed by atoms with Crippen molar-refractivity contribution in [3.63, 3.8) is 0 Å². The van der Waals surface area contributed by atoms with Gasteiger partial charge in [0.2, 0.25) is 0 Å². The molecule has 1 heterocycles. The maximum Gasteiger partial charge on any atom is 0.0712 e. The molecule has 0 aromatic rings. The molecule has 0 fully saturated rings. The Morgan fingerprint density at radius 3 is 3.00 bits per heavy atom. The summed E-state index contributed by atoms with van der Waals surface area (Å²) in [5.74, 6) is 0.646. The Bertz CT molecular complexity index is 138. The first-order chi connectivity index (χ1) is 4.30. The molecule has 0 saturated heterocycles. The maximum atomic E-state index is 4.04. The highest BCUT2D eigenvalue weighted by Gasteiger charge is 2.09. The summed E-state index contributed by atoms with van der Waals surface area (Å²) < 4.78 is 0. The van der Waals surface area contributed by atoms with Gasteiger partial charge in [0.25, 0.3) is 0 Å². The standard InChI is InChI=1S/C7H12N2/c1-6-4-3-5-8-9-7(6)2/h3,5-7H,4H2,1-2H3. The Kier molecular flexibility index (Phi) is 1.98. The summed E-state index contributed by atoms with van der Waals surface area (Å²) in [5.41, 5.74) is 0. The lowest BCUT2D eigenvalue weighted by molar-refractivity contribution is 0.484. The first-order valence-corrected chi connectivity index (χ1v) is 3.35. The molecule has 1 rings (SSSR count). The number of rotatable bonds is 0. The lowest BCUT2D eigenvalue weighted by Crippen LogP contribution is -2.08. The zero-order valence-electron chi connectivity index (χ0n) is 5.91. The number of azo groups is 1. The van der Waals surface area contributed by atoms with E-state index in [1.165, 1.54) is 0 Å². The lowest BCUT2D eigenvalue weighted by Gasteiger charge is -2.09. The normalized spacial score (nSPS) is 34.4. The average molecular weight is 124 g/mol. The molecule has 1 aliphatic rings. The molecule has 50 valence electrons. The maximum absolute atomic E-state index is 4.04. The smallest absolute Gasteiger partial charge is 0.0712 e. The Morgan fingerprint density at radius 2 is 2.22 bits per heavy atom. The van der Waals surface area contributed by atoms with Gasteiger partial charge in [-0.2, -0.15) is 10.2 Å². The predicted octanol–water partition coefficient (Wildman–Crippen LogP) is 2.38. The van der Waals surface area contributed by atoms with Crippen LogP contribution in [-0.4, -0.2) is 6.04 Å². The fourth-order valence-electron chi connectivity index (χ4n) is 0.777. The summed E-state index contributed by atoms with van der Waals surface area (Å²) >= 11 is 0. The topological polar surface area (TPSA) is 24.7 Å². The molecule has 2 unspecified atom stereocenters. The second-order valence-corrected chi connectivity index (χ2v) is 2.57. The van der Waals surface area contributed by atoms with Crippen LogP contribution < -0.4 is 0 Å². The van der Waals surface area contributed by atoms with Crippen LogP contribution in [0.25, 0.3) is 0 Å². The molecule has 2 nitrogen and oxygen atoms in total. The number of hydrogen-bond acceptors (Lipinski definition) is 2. The number of hydrogen-bond donors (Lipinski definition) is 0. The molecule has 0 N–H and O–H groups in total. The predicted molar refractivity (Wildman–Crippen MR) is 37.2 cm³/mol. The molecule has 1 aliphatic heterocycles. The summed E-state index contributed by atoms with van der Waals surface area (Å²) in [6.07, 6.45) is 4.95. The summed E-state index contributed by atoms with van der Waals surface area (Å²) in [4.78, 5) is 0. The summed E-state index contributed by atoms with van der Waals surface area (Å²) in [6, 6.07) is 0.389.